The van der Waals surface area contributed by atoms with Crippen LogP contribution in [-0.4, -0.2) is 36.3 Å². The summed E-state index contributed by atoms with van der Waals surface area (Å²) >= 11 is 0. The Labute approximate surface area is 159 Å². The van der Waals surface area contributed by atoms with E-state index < -0.39 is 10.0 Å². The number of nitrogens with one attached hydrogen (secondary N) is 1. The van der Waals surface area contributed by atoms with Gasteiger partial charge in [0.15, 0.2) is 0 Å². The lowest BCUT2D eigenvalue weighted by molar-refractivity contribution is 0.0939. The second kappa shape index (κ2) is 8.49. The lowest BCUT2D eigenvalue weighted by Gasteiger charge is -2.19. The SMILES string of the molecule is CCN(CC)S(=O)(=O)c1ccc(C(C)NC(=O)c2ccn(C)c(=O)c2)cc1. The van der Waals surface area contributed by atoms with Gasteiger partial charge >= 0.3 is 0 Å². The molecular weight excluding hydrogens is 366 g/mol. The van der Waals surface area contributed by atoms with Gasteiger partial charge in [0.25, 0.3) is 11.5 Å². The summed E-state index contributed by atoms with van der Waals surface area (Å²) in [6.45, 7) is 6.20. The molecule has 7 nitrogen and oxygen atoms in total. The number of sulfonamides is 1. The number of nitrogens with zero attached hydrogens (tertiary/aromatic N) is 2. The maximum Gasteiger partial charge on any atom is 0.252 e. The second-order valence-corrected chi connectivity index (χ2v) is 8.16. The highest BCUT2D eigenvalue weighted by Gasteiger charge is 2.21. The largest absolute Gasteiger partial charge is 0.346 e. The first kappa shape index (κ1) is 20.9. The van der Waals surface area contributed by atoms with Crippen molar-refractivity contribution in [2.24, 2.45) is 7.05 Å². The van der Waals surface area contributed by atoms with Crippen LogP contribution in [0.2, 0.25) is 0 Å². The Morgan fingerprint density at radius 2 is 1.74 bits per heavy atom. The zero-order valence-corrected chi connectivity index (χ0v) is 16.8. The first-order valence-corrected chi connectivity index (χ1v) is 10.2. The summed E-state index contributed by atoms with van der Waals surface area (Å²) in [6, 6.07) is 8.97. The smallest absolute Gasteiger partial charge is 0.252 e. The van der Waals surface area contributed by atoms with Crippen molar-refractivity contribution in [3.8, 4) is 0 Å². The molecule has 27 heavy (non-hydrogen) atoms. The van der Waals surface area contributed by atoms with Crippen LogP contribution in [0.3, 0.4) is 0 Å². The number of hydrogen-bond acceptors (Lipinski definition) is 4. The monoisotopic (exact) mass is 391 g/mol. The molecule has 1 heterocycles. The van der Waals surface area contributed by atoms with Crippen molar-refractivity contribution in [1.82, 2.24) is 14.2 Å². The third kappa shape index (κ3) is 4.64. The van der Waals surface area contributed by atoms with Crippen LogP contribution < -0.4 is 10.9 Å². The highest BCUT2D eigenvalue weighted by molar-refractivity contribution is 7.89. The van der Waals surface area contributed by atoms with Gasteiger partial charge in [-0.2, -0.15) is 4.31 Å². The maximum atomic E-state index is 12.5. The number of carbonyl (C=O) groups is 1. The van der Waals surface area contributed by atoms with Gasteiger partial charge in [-0.05, 0) is 30.7 Å². The van der Waals surface area contributed by atoms with Crippen LogP contribution in [0.15, 0.2) is 52.3 Å². The van der Waals surface area contributed by atoms with Crippen LogP contribution >= 0.6 is 0 Å². The van der Waals surface area contributed by atoms with Crippen molar-refractivity contribution in [2.45, 2.75) is 31.7 Å². The molecule has 0 aliphatic heterocycles. The molecule has 0 saturated heterocycles. The van der Waals surface area contributed by atoms with Gasteiger partial charge in [-0.1, -0.05) is 26.0 Å². The van der Waals surface area contributed by atoms with Crippen molar-refractivity contribution < 1.29 is 13.2 Å². The number of amides is 1. The fourth-order valence-electron chi connectivity index (χ4n) is 2.69. The quantitative estimate of drug-likeness (QED) is 0.781. The van der Waals surface area contributed by atoms with Crippen LogP contribution in [0.4, 0.5) is 0 Å². The predicted molar refractivity (Wildman–Crippen MR) is 104 cm³/mol. The van der Waals surface area contributed by atoms with Crippen LogP contribution in [-0.2, 0) is 17.1 Å². The Balaban J connectivity index is 2.15. The summed E-state index contributed by atoms with van der Waals surface area (Å²) in [4.78, 5) is 24.2. The molecule has 0 fully saturated rings. The van der Waals surface area contributed by atoms with E-state index in [1.54, 1.807) is 58.2 Å². The minimum atomic E-state index is -3.51. The number of carbonyl (C=O) groups excluding carboxylic acids is 1. The molecule has 1 atom stereocenters. The van der Waals surface area contributed by atoms with Gasteiger partial charge in [-0.15, -0.1) is 0 Å². The molecule has 1 amide bonds. The van der Waals surface area contributed by atoms with Crippen molar-refractivity contribution in [1.29, 1.82) is 0 Å². The average Bonchev–Trinajstić information content (AvgIpc) is 2.64. The van der Waals surface area contributed by atoms with Crippen molar-refractivity contribution in [3.63, 3.8) is 0 Å². The number of rotatable bonds is 7. The summed E-state index contributed by atoms with van der Waals surface area (Å²) < 4.78 is 27.8. The summed E-state index contributed by atoms with van der Waals surface area (Å²) in [5.41, 5.74) is 0.789. The molecule has 0 radical (unpaired) electrons. The molecule has 0 bridgehead atoms. The van der Waals surface area contributed by atoms with Crippen LogP contribution in [0.1, 0.15) is 42.7 Å². The highest BCUT2D eigenvalue weighted by atomic mass is 32.2. The second-order valence-electron chi connectivity index (χ2n) is 6.22. The molecule has 8 heteroatoms. The summed E-state index contributed by atoms with van der Waals surface area (Å²) in [7, 11) is -1.90. The molecule has 1 N–H and O–H groups in total. The summed E-state index contributed by atoms with van der Waals surface area (Å²) in [5.74, 6) is -0.361. The minimum Gasteiger partial charge on any atom is -0.346 e. The molecule has 0 aliphatic carbocycles. The maximum absolute atomic E-state index is 12.5. The molecule has 0 saturated carbocycles. The zero-order valence-electron chi connectivity index (χ0n) is 16.0. The Morgan fingerprint density at radius 1 is 1.15 bits per heavy atom. The molecule has 1 unspecified atom stereocenters. The van der Waals surface area contributed by atoms with E-state index in [0.717, 1.165) is 5.56 Å². The van der Waals surface area contributed by atoms with E-state index in [9.17, 15) is 18.0 Å². The van der Waals surface area contributed by atoms with E-state index in [1.807, 2.05) is 0 Å². The lowest BCUT2D eigenvalue weighted by Crippen LogP contribution is -2.30. The van der Waals surface area contributed by atoms with Gasteiger partial charge < -0.3 is 9.88 Å². The molecule has 0 spiro atoms. The normalized spacial score (nSPS) is 12.8. The Hall–Kier alpha value is -2.45. The Morgan fingerprint density at radius 3 is 2.26 bits per heavy atom. The fraction of sp³-hybridized carbons (Fsp3) is 0.368. The van der Waals surface area contributed by atoms with Crippen LogP contribution in [0.5, 0.6) is 0 Å². The van der Waals surface area contributed by atoms with Gasteiger partial charge in [0, 0.05) is 38.0 Å². The average molecular weight is 391 g/mol. The lowest BCUT2D eigenvalue weighted by atomic mass is 10.1. The number of hydrogen-bond donors (Lipinski definition) is 1. The van der Waals surface area contributed by atoms with E-state index in [4.69, 9.17) is 0 Å². The van der Waals surface area contributed by atoms with Crippen molar-refractivity contribution in [2.75, 3.05) is 13.1 Å². The topological polar surface area (TPSA) is 88.5 Å². The van der Waals surface area contributed by atoms with Gasteiger partial charge in [0.1, 0.15) is 0 Å². The molecule has 2 aromatic rings. The third-order valence-corrected chi connectivity index (χ3v) is 6.50. The predicted octanol–water partition coefficient (Wildman–Crippen LogP) is 1.91. The standard InChI is InChI=1S/C19H25N3O4S/c1-5-22(6-2)27(25,26)17-9-7-15(8-10-17)14(3)20-19(24)16-11-12-21(4)18(23)13-16/h7-14H,5-6H2,1-4H3,(H,20,24). The fourth-order valence-corrected chi connectivity index (χ4v) is 4.15. The third-order valence-electron chi connectivity index (χ3n) is 4.44. The number of pyridine rings is 1. The summed E-state index contributed by atoms with van der Waals surface area (Å²) in [6.07, 6.45) is 1.54. The van der Waals surface area contributed by atoms with Gasteiger partial charge in [-0.3, -0.25) is 9.59 Å². The van der Waals surface area contributed by atoms with E-state index in [2.05, 4.69) is 5.32 Å². The van der Waals surface area contributed by atoms with Crippen LogP contribution in [0, 0.1) is 0 Å². The molecular formula is C19H25N3O4S. The van der Waals surface area contributed by atoms with E-state index in [-0.39, 0.29) is 28.0 Å². The van der Waals surface area contributed by atoms with Crippen molar-refractivity contribution in [3.05, 3.63) is 64.1 Å². The van der Waals surface area contributed by atoms with E-state index in [1.165, 1.54) is 21.1 Å². The molecule has 1 aromatic heterocycles. The van der Waals surface area contributed by atoms with Gasteiger partial charge in [-0.25, -0.2) is 8.42 Å². The van der Waals surface area contributed by atoms with Crippen molar-refractivity contribution >= 4 is 15.9 Å². The Bertz CT molecular complexity index is 961. The minimum absolute atomic E-state index is 0.222. The zero-order chi connectivity index (χ0) is 20.2. The van der Waals surface area contributed by atoms with E-state index in [0.29, 0.717) is 13.1 Å². The first-order valence-electron chi connectivity index (χ1n) is 8.78. The number of aryl methyl sites for hydroxylation is 1. The van der Waals surface area contributed by atoms with Gasteiger partial charge in [0.2, 0.25) is 10.0 Å². The molecule has 2 rings (SSSR count). The number of aromatic nitrogens is 1. The Kier molecular flexibility index (Phi) is 6.56. The molecule has 0 aliphatic rings. The van der Waals surface area contributed by atoms with Crippen LogP contribution in [0.25, 0.3) is 0 Å². The molecule has 146 valence electrons. The first-order chi connectivity index (χ1) is 12.7. The van der Waals surface area contributed by atoms with Gasteiger partial charge in [0.05, 0.1) is 10.9 Å². The summed E-state index contributed by atoms with van der Waals surface area (Å²) in [5, 5.41) is 2.82. The highest BCUT2D eigenvalue weighted by Crippen LogP contribution is 2.19. The van der Waals surface area contributed by atoms with E-state index >= 15 is 0 Å². The molecule has 1 aromatic carbocycles. The number of benzene rings is 1.